The molecule has 26 heavy (non-hydrogen) atoms. The van der Waals surface area contributed by atoms with Gasteiger partial charge < -0.3 is 14.9 Å². The normalized spacial score (nSPS) is 23.3. The second-order valence-electron chi connectivity index (χ2n) is 7.74. The number of hydrogen-bond donors (Lipinski definition) is 1. The second-order valence-corrected chi connectivity index (χ2v) is 7.74. The van der Waals surface area contributed by atoms with Gasteiger partial charge >= 0.3 is 0 Å². The summed E-state index contributed by atoms with van der Waals surface area (Å²) in [5.74, 6) is 2.02. The number of phenols is 1. The molecule has 1 aromatic heterocycles. The summed E-state index contributed by atoms with van der Waals surface area (Å²) >= 11 is 0. The molecule has 0 bridgehead atoms. The number of aromatic nitrogens is 2. The van der Waals surface area contributed by atoms with Crippen molar-refractivity contribution in [3.8, 4) is 17.0 Å². The highest BCUT2D eigenvalue weighted by molar-refractivity contribution is 5.71. The van der Waals surface area contributed by atoms with Gasteiger partial charge in [-0.15, -0.1) is 10.2 Å². The van der Waals surface area contributed by atoms with Gasteiger partial charge in [0.25, 0.3) is 0 Å². The minimum atomic E-state index is 0.275. The summed E-state index contributed by atoms with van der Waals surface area (Å²) in [6, 6.07) is 8.46. The van der Waals surface area contributed by atoms with Crippen molar-refractivity contribution in [3.05, 3.63) is 35.4 Å². The third kappa shape index (κ3) is 3.05. The summed E-state index contributed by atoms with van der Waals surface area (Å²) in [6.07, 6.45) is 2.54. The Morgan fingerprint density at radius 3 is 2.62 bits per heavy atom. The van der Waals surface area contributed by atoms with Crippen LogP contribution < -0.4 is 4.90 Å². The van der Waals surface area contributed by atoms with Crippen molar-refractivity contribution < 1.29 is 5.11 Å². The molecule has 4 rings (SSSR count). The lowest BCUT2D eigenvalue weighted by atomic mass is 9.92. The molecule has 2 fully saturated rings. The van der Waals surface area contributed by atoms with Gasteiger partial charge in [-0.1, -0.05) is 13.0 Å². The summed E-state index contributed by atoms with van der Waals surface area (Å²) in [4.78, 5) is 4.97. The number of nitrogens with zero attached hydrogens (tertiary/aromatic N) is 4. The molecule has 0 amide bonds. The van der Waals surface area contributed by atoms with E-state index in [4.69, 9.17) is 0 Å². The van der Waals surface area contributed by atoms with Gasteiger partial charge in [0, 0.05) is 24.7 Å². The van der Waals surface area contributed by atoms with Crippen LogP contribution in [0.2, 0.25) is 0 Å². The van der Waals surface area contributed by atoms with Gasteiger partial charge in [0.1, 0.15) is 5.75 Å². The van der Waals surface area contributed by atoms with Crippen molar-refractivity contribution in [2.24, 2.45) is 5.92 Å². The van der Waals surface area contributed by atoms with Gasteiger partial charge in [-0.2, -0.15) is 0 Å². The number of anilines is 1. The van der Waals surface area contributed by atoms with Crippen LogP contribution in [0.1, 0.15) is 30.9 Å². The zero-order valence-corrected chi connectivity index (χ0v) is 15.9. The minimum absolute atomic E-state index is 0.275. The monoisotopic (exact) mass is 352 g/mol. The fourth-order valence-electron chi connectivity index (χ4n) is 4.67. The Balaban J connectivity index is 1.59. The molecule has 5 nitrogen and oxygen atoms in total. The van der Waals surface area contributed by atoms with Crippen LogP contribution in [0.3, 0.4) is 0 Å². The van der Waals surface area contributed by atoms with Gasteiger partial charge in [-0.3, -0.25) is 0 Å². The maximum Gasteiger partial charge on any atom is 0.151 e. The summed E-state index contributed by atoms with van der Waals surface area (Å²) in [5.41, 5.74) is 3.59. The number of likely N-dealkylation sites (N-methyl/N-ethyl adjacent to an activating group) is 1. The zero-order chi connectivity index (χ0) is 18.3. The average Bonchev–Trinajstić information content (AvgIpc) is 3.04. The molecule has 2 unspecified atom stereocenters. The van der Waals surface area contributed by atoms with Gasteiger partial charge in [0.15, 0.2) is 5.82 Å². The van der Waals surface area contributed by atoms with E-state index in [0.717, 1.165) is 53.8 Å². The van der Waals surface area contributed by atoms with Crippen LogP contribution in [-0.2, 0) is 0 Å². The number of aryl methyl sites for hydroxylation is 2. The summed E-state index contributed by atoms with van der Waals surface area (Å²) in [5, 5.41) is 19.3. The number of benzene rings is 1. The summed E-state index contributed by atoms with van der Waals surface area (Å²) < 4.78 is 0. The fraction of sp³-hybridized carbons (Fsp3) is 0.524. The van der Waals surface area contributed by atoms with Crippen LogP contribution >= 0.6 is 0 Å². The molecule has 0 aliphatic carbocycles. The lowest BCUT2D eigenvalue weighted by molar-refractivity contribution is 0.182. The highest BCUT2D eigenvalue weighted by Crippen LogP contribution is 2.36. The van der Waals surface area contributed by atoms with Crippen LogP contribution in [0.15, 0.2) is 24.3 Å². The molecule has 2 saturated heterocycles. The zero-order valence-electron chi connectivity index (χ0n) is 15.9. The van der Waals surface area contributed by atoms with Gasteiger partial charge in [-0.05, 0) is 75.0 Å². The van der Waals surface area contributed by atoms with E-state index in [9.17, 15) is 5.11 Å². The highest BCUT2D eigenvalue weighted by Gasteiger charge is 2.38. The van der Waals surface area contributed by atoms with E-state index in [2.05, 4.69) is 39.1 Å². The first-order valence-corrected chi connectivity index (χ1v) is 9.70. The molecule has 2 aliphatic heterocycles. The maximum absolute atomic E-state index is 10.3. The highest BCUT2D eigenvalue weighted by atomic mass is 16.3. The first kappa shape index (κ1) is 17.3. The number of aromatic hydroxyl groups is 1. The van der Waals surface area contributed by atoms with Crippen molar-refractivity contribution in [1.29, 1.82) is 0 Å². The molecule has 2 atom stereocenters. The lowest BCUT2D eigenvalue weighted by Gasteiger charge is -2.38. The minimum Gasteiger partial charge on any atom is -0.507 e. The maximum atomic E-state index is 10.3. The van der Waals surface area contributed by atoms with E-state index in [-0.39, 0.29) is 5.75 Å². The van der Waals surface area contributed by atoms with Gasteiger partial charge in [0.05, 0.1) is 5.69 Å². The third-order valence-electron chi connectivity index (χ3n) is 6.05. The van der Waals surface area contributed by atoms with Gasteiger partial charge in [-0.25, -0.2) is 0 Å². The smallest absolute Gasteiger partial charge is 0.151 e. The van der Waals surface area contributed by atoms with Crippen LogP contribution in [-0.4, -0.2) is 52.4 Å². The molecule has 1 aromatic carbocycles. The fourth-order valence-corrected chi connectivity index (χ4v) is 4.67. The Morgan fingerprint density at radius 1 is 1.12 bits per heavy atom. The molecule has 1 N–H and O–H groups in total. The SMILES string of the molecule is CCN1CCC2CCN(c3ccc(-c4c(C)cc(C)cc4O)nn3)C2C1. The Bertz CT molecular complexity index is 766. The first-order chi connectivity index (χ1) is 12.6. The molecule has 5 heteroatoms. The first-order valence-electron chi connectivity index (χ1n) is 9.70. The largest absolute Gasteiger partial charge is 0.507 e. The van der Waals surface area contributed by atoms with Crippen LogP contribution in [0.25, 0.3) is 11.3 Å². The van der Waals surface area contributed by atoms with E-state index in [0.29, 0.717) is 6.04 Å². The predicted octanol–water partition coefficient (Wildman–Crippen LogP) is 3.39. The molecule has 138 valence electrons. The number of phenolic OH excluding ortho intramolecular Hbond substituents is 1. The molecule has 3 heterocycles. The molecule has 0 radical (unpaired) electrons. The van der Waals surface area contributed by atoms with E-state index in [1.54, 1.807) is 6.07 Å². The van der Waals surface area contributed by atoms with Crippen molar-refractivity contribution in [1.82, 2.24) is 15.1 Å². The van der Waals surface area contributed by atoms with E-state index >= 15 is 0 Å². The van der Waals surface area contributed by atoms with Crippen molar-refractivity contribution in [3.63, 3.8) is 0 Å². The Morgan fingerprint density at radius 2 is 1.92 bits per heavy atom. The Kier molecular flexibility index (Phi) is 4.57. The number of rotatable bonds is 3. The quantitative estimate of drug-likeness (QED) is 0.918. The topological polar surface area (TPSA) is 52.5 Å². The third-order valence-corrected chi connectivity index (χ3v) is 6.05. The number of fused-ring (bicyclic) bond motifs is 1. The molecule has 0 saturated carbocycles. The second kappa shape index (κ2) is 6.88. The number of piperidine rings is 1. The van der Waals surface area contributed by atoms with Crippen molar-refractivity contribution in [2.45, 2.75) is 39.7 Å². The van der Waals surface area contributed by atoms with Crippen molar-refractivity contribution in [2.75, 3.05) is 31.1 Å². The Labute approximate surface area is 155 Å². The van der Waals surface area contributed by atoms with Gasteiger partial charge in [0.2, 0.25) is 0 Å². The number of hydrogen-bond acceptors (Lipinski definition) is 5. The average molecular weight is 352 g/mol. The van der Waals surface area contributed by atoms with E-state index in [1.165, 1.54) is 19.4 Å². The van der Waals surface area contributed by atoms with E-state index < -0.39 is 0 Å². The molecule has 0 spiro atoms. The van der Waals surface area contributed by atoms with Crippen LogP contribution in [0.5, 0.6) is 5.75 Å². The Hall–Kier alpha value is -2.14. The predicted molar refractivity (Wildman–Crippen MR) is 105 cm³/mol. The number of likely N-dealkylation sites (tertiary alicyclic amines) is 1. The molecular formula is C21H28N4O. The molecular weight excluding hydrogens is 324 g/mol. The summed E-state index contributed by atoms with van der Waals surface area (Å²) in [6.45, 7) is 10.8. The van der Waals surface area contributed by atoms with Crippen LogP contribution in [0, 0.1) is 19.8 Å². The van der Waals surface area contributed by atoms with Crippen LogP contribution in [0.4, 0.5) is 5.82 Å². The molecule has 2 aromatic rings. The standard InChI is InChI=1S/C21H28N4O/c1-4-24-9-7-16-8-10-25(18(16)13-24)20-6-5-17(22-23-20)21-15(3)11-14(2)12-19(21)26/h5-6,11-12,16,18,26H,4,7-10,13H2,1-3H3. The van der Waals surface area contributed by atoms with Crippen molar-refractivity contribution >= 4 is 5.82 Å². The van der Waals surface area contributed by atoms with E-state index in [1.807, 2.05) is 19.9 Å². The molecule has 2 aliphatic rings. The lowest BCUT2D eigenvalue weighted by Crippen LogP contribution is -2.48. The summed E-state index contributed by atoms with van der Waals surface area (Å²) in [7, 11) is 0.